The number of hydrogen-bond acceptors (Lipinski definition) is 4. The van der Waals surface area contributed by atoms with E-state index in [1.165, 1.54) is 0 Å². The molecule has 1 aromatic heterocycles. The lowest BCUT2D eigenvalue weighted by molar-refractivity contribution is 0.535. The summed E-state index contributed by atoms with van der Waals surface area (Å²) in [5.74, 6) is 0.492. The lowest BCUT2D eigenvalue weighted by atomic mass is 10.1. The molecule has 0 aromatic carbocycles. The van der Waals surface area contributed by atoms with Crippen LogP contribution in [-0.2, 0) is 16.9 Å². The minimum Gasteiger partial charge on any atom is -0.313 e. The van der Waals surface area contributed by atoms with Crippen molar-refractivity contribution in [2.75, 3.05) is 18.6 Å². The van der Waals surface area contributed by atoms with E-state index in [0.717, 1.165) is 12.0 Å². The highest BCUT2D eigenvalue weighted by Gasteiger charge is 2.13. The van der Waals surface area contributed by atoms with Gasteiger partial charge in [-0.25, -0.2) is 8.42 Å². The number of aromatic nitrogens is 2. The van der Waals surface area contributed by atoms with E-state index in [-0.39, 0.29) is 17.5 Å². The molecule has 1 rings (SSSR count). The number of rotatable bonds is 7. The van der Waals surface area contributed by atoms with E-state index >= 15 is 0 Å². The molecule has 0 radical (unpaired) electrons. The molecule has 0 aliphatic rings. The van der Waals surface area contributed by atoms with Crippen molar-refractivity contribution in [2.24, 2.45) is 7.05 Å². The minimum atomic E-state index is -2.85. The molecule has 1 N–H and O–H groups in total. The van der Waals surface area contributed by atoms with Crippen molar-refractivity contribution in [2.45, 2.75) is 25.8 Å². The van der Waals surface area contributed by atoms with Crippen molar-refractivity contribution in [1.29, 1.82) is 0 Å². The Morgan fingerprint density at radius 3 is 2.71 bits per heavy atom. The molecule has 1 unspecified atom stereocenters. The summed E-state index contributed by atoms with van der Waals surface area (Å²) in [6, 6.07) is 0.177. The predicted molar refractivity (Wildman–Crippen MR) is 68.6 cm³/mol. The molecule has 17 heavy (non-hydrogen) atoms. The van der Waals surface area contributed by atoms with Gasteiger partial charge in [-0.2, -0.15) is 5.10 Å². The molecule has 0 saturated carbocycles. The SMILES string of the molecule is CCS(=O)(=O)CCCC(NC)c1cnn(C)c1. The molecular weight excluding hydrogens is 238 g/mol. The monoisotopic (exact) mass is 259 g/mol. The largest absolute Gasteiger partial charge is 0.313 e. The molecule has 0 fully saturated rings. The van der Waals surface area contributed by atoms with Crippen LogP contribution in [-0.4, -0.2) is 36.8 Å². The van der Waals surface area contributed by atoms with Crippen LogP contribution in [0.3, 0.4) is 0 Å². The number of hydrogen-bond donors (Lipinski definition) is 1. The average molecular weight is 259 g/mol. The molecule has 0 amide bonds. The van der Waals surface area contributed by atoms with Gasteiger partial charge in [0.25, 0.3) is 0 Å². The summed E-state index contributed by atoms with van der Waals surface area (Å²) in [4.78, 5) is 0. The van der Waals surface area contributed by atoms with E-state index in [9.17, 15) is 8.42 Å². The first-order valence-electron chi connectivity index (χ1n) is 5.84. The topological polar surface area (TPSA) is 64.0 Å². The molecule has 98 valence electrons. The van der Waals surface area contributed by atoms with Gasteiger partial charge in [-0.05, 0) is 19.9 Å². The van der Waals surface area contributed by atoms with E-state index in [1.807, 2.05) is 26.5 Å². The zero-order valence-electron chi connectivity index (χ0n) is 10.7. The predicted octanol–water partition coefficient (Wildman–Crippen LogP) is 0.895. The van der Waals surface area contributed by atoms with Gasteiger partial charge >= 0.3 is 0 Å². The summed E-state index contributed by atoms with van der Waals surface area (Å²) in [6.45, 7) is 1.69. The first-order chi connectivity index (χ1) is 7.98. The maximum Gasteiger partial charge on any atom is 0.150 e. The van der Waals surface area contributed by atoms with Crippen LogP contribution >= 0.6 is 0 Å². The van der Waals surface area contributed by atoms with Gasteiger partial charge in [-0.1, -0.05) is 6.92 Å². The fraction of sp³-hybridized carbons (Fsp3) is 0.727. The van der Waals surface area contributed by atoms with Crippen LogP contribution in [0.25, 0.3) is 0 Å². The number of nitrogens with one attached hydrogen (secondary N) is 1. The van der Waals surface area contributed by atoms with Gasteiger partial charge in [0.15, 0.2) is 0 Å². The smallest absolute Gasteiger partial charge is 0.150 e. The van der Waals surface area contributed by atoms with Crippen molar-refractivity contribution in [3.8, 4) is 0 Å². The summed E-state index contributed by atoms with van der Waals surface area (Å²) in [6.07, 6.45) is 5.25. The van der Waals surface area contributed by atoms with Gasteiger partial charge in [0.2, 0.25) is 0 Å². The van der Waals surface area contributed by atoms with Crippen molar-refractivity contribution in [3.63, 3.8) is 0 Å². The third-order valence-electron chi connectivity index (χ3n) is 2.86. The molecule has 0 bridgehead atoms. The Hall–Kier alpha value is -0.880. The zero-order chi connectivity index (χ0) is 12.9. The van der Waals surface area contributed by atoms with Crippen LogP contribution in [0.4, 0.5) is 0 Å². The molecular formula is C11H21N3O2S. The fourth-order valence-corrected chi connectivity index (χ4v) is 2.64. The van der Waals surface area contributed by atoms with Crippen LogP contribution in [0.15, 0.2) is 12.4 Å². The Labute approximate surface area is 103 Å². The first-order valence-corrected chi connectivity index (χ1v) is 7.67. The molecule has 6 heteroatoms. The summed E-state index contributed by atoms with van der Waals surface area (Å²) in [7, 11) is 0.905. The standard InChI is InChI=1S/C11H21N3O2S/c1-4-17(15,16)7-5-6-11(12-2)10-8-13-14(3)9-10/h8-9,11-12H,4-7H2,1-3H3. The Balaban J connectivity index is 2.49. The highest BCUT2D eigenvalue weighted by molar-refractivity contribution is 7.91. The van der Waals surface area contributed by atoms with Crippen LogP contribution in [0, 0.1) is 0 Å². The third kappa shape index (κ3) is 4.47. The van der Waals surface area contributed by atoms with Crippen LogP contribution in [0.2, 0.25) is 0 Å². The second kappa shape index (κ2) is 6.16. The summed E-state index contributed by atoms with van der Waals surface area (Å²) < 4.78 is 24.5. The molecule has 0 aliphatic heterocycles. The summed E-state index contributed by atoms with van der Waals surface area (Å²) >= 11 is 0. The second-order valence-corrected chi connectivity index (χ2v) is 6.64. The van der Waals surface area contributed by atoms with Crippen LogP contribution in [0.5, 0.6) is 0 Å². The van der Waals surface area contributed by atoms with Crippen molar-refractivity contribution < 1.29 is 8.42 Å². The van der Waals surface area contributed by atoms with Crippen molar-refractivity contribution >= 4 is 9.84 Å². The number of sulfone groups is 1. The van der Waals surface area contributed by atoms with E-state index in [4.69, 9.17) is 0 Å². The Bertz CT molecular complexity index is 439. The number of nitrogens with zero attached hydrogens (tertiary/aromatic N) is 2. The van der Waals surface area contributed by atoms with E-state index in [1.54, 1.807) is 11.6 Å². The highest BCUT2D eigenvalue weighted by atomic mass is 32.2. The molecule has 5 nitrogen and oxygen atoms in total. The molecule has 1 aromatic rings. The van der Waals surface area contributed by atoms with Gasteiger partial charge in [-0.3, -0.25) is 4.68 Å². The first kappa shape index (κ1) is 14.2. The van der Waals surface area contributed by atoms with Crippen molar-refractivity contribution in [3.05, 3.63) is 18.0 Å². The Kier molecular flexibility index (Phi) is 5.14. The Morgan fingerprint density at radius 1 is 1.53 bits per heavy atom. The van der Waals surface area contributed by atoms with Gasteiger partial charge in [-0.15, -0.1) is 0 Å². The van der Waals surface area contributed by atoms with Crippen LogP contribution in [0.1, 0.15) is 31.4 Å². The minimum absolute atomic E-state index is 0.177. The fourth-order valence-electron chi connectivity index (χ4n) is 1.75. The van der Waals surface area contributed by atoms with E-state index < -0.39 is 9.84 Å². The maximum absolute atomic E-state index is 11.4. The van der Waals surface area contributed by atoms with E-state index in [2.05, 4.69) is 10.4 Å². The van der Waals surface area contributed by atoms with Gasteiger partial charge in [0.1, 0.15) is 9.84 Å². The molecule has 0 aliphatic carbocycles. The molecule has 1 atom stereocenters. The third-order valence-corrected chi connectivity index (χ3v) is 4.65. The van der Waals surface area contributed by atoms with Crippen molar-refractivity contribution in [1.82, 2.24) is 15.1 Å². The average Bonchev–Trinajstić information content (AvgIpc) is 2.71. The van der Waals surface area contributed by atoms with Crippen LogP contribution < -0.4 is 5.32 Å². The lowest BCUT2D eigenvalue weighted by Gasteiger charge is -2.13. The summed E-state index contributed by atoms with van der Waals surface area (Å²) in [5, 5.41) is 7.30. The van der Waals surface area contributed by atoms with Gasteiger partial charge in [0.05, 0.1) is 11.9 Å². The second-order valence-electron chi connectivity index (χ2n) is 4.17. The molecule has 0 saturated heterocycles. The molecule has 0 spiro atoms. The quantitative estimate of drug-likeness (QED) is 0.790. The molecule has 1 heterocycles. The number of aryl methyl sites for hydroxylation is 1. The lowest BCUT2D eigenvalue weighted by Crippen LogP contribution is -2.18. The zero-order valence-corrected chi connectivity index (χ0v) is 11.5. The highest BCUT2D eigenvalue weighted by Crippen LogP contribution is 2.17. The van der Waals surface area contributed by atoms with Gasteiger partial charge in [0, 0.05) is 30.6 Å². The van der Waals surface area contributed by atoms with E-state index in [0.29, 0.717) is 6.42 Å². The summed E-state index contributed by atoms with van der Waals surface area (Å²) in [5.41, 5.74) is 1.10. The normalized spacial score (nSPS) is 13.8. The van der Waals surface area contributed by atoms with Gasteiger partial charge < -0.3 is 5.32 Å². The Morgan fingerprint density at radius 2 is 2.24 bits per heavy atom. The maximum atomic E-state index is 11.4.